The third-order valence-electron chi connectivity index (χ3n) is 3.89. The van der Waals surface area contributed by atoms with Crippen LogP contribution in [0.1, 0.15) is 28.2 Å². The molecule has 0 saturated carbocycles. The third-order valence-corrected chi connectivity index (χ3v) is 3.89. The van der Waals surface area contributed by atoms with Crippen LogP contribution in [0.25, 0.3) is 0 Å². The Hall–Kier alpha value is -2.33. The second-order valence-corrected chi connectivity index (χ2v) is 5.72. The molecular weight excluding hydrogens is 290 g/mol. The first-order chi connectivity index (χ1) is 11.0. The van der Waals surface area contributed by atoms with Crippen molar-refractivity contribution in [3.63, 3.8) is 0 Å². The van der Waals surface area contributed by atoms with Crippen molar-refractivity contribution in [2.24, 2.45) is 5.73 Å². The first-order valence-electron chi connectivity index (χ1n) is 7.51. The summed E-state index contributed by atoms with van der Waals surface area (Å²) in [6.45, 7) is 4.06. The maximum Gasteiger partial charge on any atom is 0.323 e. The SMILES string of the molecule is COC(=O)C(N)C(c1cc(C)cc(C)c1)c1cccc(OC)c1. The number of ether oxygens (including phenoxy) is 2. The lowest BCUT2D eigenvalue weighted by Crippen LogP contribution is -2.38. The molecule has 0 radical (unpaired) electrons. The minimum absolute atomic E-state index is 0.295. The lowest BCUT2D eigenvalue weighted by molar-refractivity contribution is -0.142. The lowest BCUT2D eigenvalue weighted by atomic mass is 9.84. The van der Waals surface area contributed by atoms with E-state index in [1.807, 2.05) is 38.1 Å². The van der Waals surface area contributed by atoms with E-state index >= 15 is 0 Å². The standard InChI is InChI=1S/C19H23NO3/c1-12-8-13(2)10-15(9-12)17(18(20)19(21)23-4)14-6-5-7-16(11-14)22-3/h5-11,17-18H,20H2,1-4H3. The fourth-order valence-electron chi connectivity index (χ4n) is 2.90. The summed E-state index contributed by atoms with van der Waals surface area (Å²) in [4.78, 5) is 12.0. The summed E-state index contributed by atoms with van der Waals surface area (Å²) >= 11 is 0. The first-order valence-corrected chi connectivity index (χ1v) is 7.51. The van der Waals surface area contributed by atoms with Crippen molar-refractivity contribution >= 4 is 5.97 Å². The van der Waals surface area contributed by atoms with E-state index in [-0.39, 0.29) is 5.92 Å². The number of aryl methyl sites for hydroxylation is 2. The molecular formula is C19H23NO3. The largest absolute Gasteiger partial charge is 0.497 e. The Labute approximate surface area is 137 Å². The fraction of sp³-hybridized carbons (Fsp3) is 0.316. The average molecular weight is 313 g/mol. The first kappa shape index (κ1) is 17.0. The van der Waals surface area contributed by atoms with Gasteiger partial charge in [-0.1, -0.05) is 41.5 Å². The van der Waals surface area contributed by atoms with E-state index in [9.17, 15) is 4.79 Å². The quantitative estimate of drug-likeness (QED) is 0.862. The van der Waals surface area contributed by atoms with Gasteiger partial charge in [-0.3, -0.25) is 4.79 Å². The van der Waals surface area contributed by atoms with Crippen molar-refractivity contribution in [3.05, 3.63) is 64.7 Å². The van der Waals surface area contributed by atoms with Gasteiger partial charge in [-0.15, -0.1) is 0 Å². The number of hydrogen-bond acceptors (Lipinski definition) is 4. The summed E-state index contributed by atoms with van der Waals surface area (Å²) in [6, 6.07) is 13.0. The van der Waals surface area contributed by atoms with Gasteiger partial charge in [-0.2, -0.15) is 0 Å². The second kappa shape index (κ2) is 7.29. The number of rotatable bonds is 5. The molecule has 0 aliphatic heterocycles. The smallest absolute Gasteiger partial charge is 0.323 e. The minimum atomic E-state index is -0.784. The third kappa shape index (κ3) is 3.90. The number of esters is 1. The molecule has 0 aliphatic rings. The summed E-state index contributed by atoms with van der Waals surface area (Å²) in [5.41, 5.74) is 10.4. The van der Waals surface area contributed by atoms with Gasteiger partial charge < -0.3 is 15.2 Å². The molecule has 4 nitrogen and oxygen atoms in total. The van der Waals surface area contributed by atoms with Crippen LogP contribution in [0, 0.1) is 13.8 Å². The van der Waals surface area contributed by atoms with E-state index in [2.05, 4.69) is 18.2 Å². The summed E-state index contributed by atoms with van der Waals surface area (Å²) < 4.78 is 10.2. The van der Waals surface area contributed by atoms with Gasteiger partial charge in [0, 0.05) is 5.92 Å². The number of nitrogens with two attached hydrogens (primary N) is 1. The zero-order chi connectivity index (χ0) is 17.0. The average Bonchev–Trinajstić information content (AvgIpc) is 2.53. The fourth-order valence-corrected chi connectivity index (χ4v) is 2.90. The molecule has 0 amide bonds. The Kier molecular flexibility index (Phi) is 5.40. The number of carbonyl (C=O) groups excluding carboxylic acids is 1. The zero-order valence-corrected chi connectivity index (χ0v) is 14.0. The zero-order valence-electron chi connectivity index (χ0n) is 14.0. The molecule has 23 heavy (non-hydrogen) atoms. The number of methoxy groups -OCH3 is 2. The molecule has 2 aromatic carbocycles. The highest BCUT2D eigenvalue weighted by Crippen LogP contribution is 2.31. The monoisotopic (exact) mass is 313 g/mol. The summed E-state index contributed by atoms with van der Waals surface area (Å²) in [7, 11) is 2.97. The van der Waals surface area contributed by atoms with Crippen molar-refractivity contribution < 1.29 is 14.3 Å². The second-order valence-electron chi connectivity index (χ2n) is 5.72. The van der Waals surface area contributed by atoms with Crippen molar-refractivity contribution in [2.45, 2.75) is 25.8 Å². The highest BCUT2D eigenvalue weighted by atomic mass is 16.5. The van der Waals surface area contributed by atoms with E-state index < -0.39 is 12.0 Å². The van der Waals surface area contributed by atoms with Gasteiger partial charge in [0.25, 0.3) is 0 Å². The minimum Gasteiger partial charge on any atom is -0.497 e. The molecule has 2 N–H and O–H groups in total. The molecule has 0 fully saturated rings. The molecule has 2 aromatic rings. The molecule has 0 bridgehead atoms. The highest BCUT2D eigenvalue weighted by molar-refractivity contribution is 5.77. The molecule has 2 atom stereocenters. The predicted octanol–water partition coefficient (Wildman–Crippen LogP) is 2.94. The van der Waals surface area contributed by atoms with Crippen molar-refractivity contribution in [2.75, 3.05) is 14.2 Å². The number of hydrogen-bond donors (Lipinski definition) is 1. The molecule has 0 spiro atoms. The Morgan fingerprint density at radius 2 is 1.65 bits per heavy atom. The van der Waals surface area contributed by atoms with Crippen LogP contribution in [0.4, 0.5) is 0 Å². The van der Waals surface area contributed by atoms with Gasteiger partial charge in [-0.05, 0) is 37.1 Å². The van der Waals surface area contributed by atoms with Crippen LogP contribution in [0.3, 0.4) is 0 Å². The van der Waals surface area contributed by atoms with Gasteiger partial charge in [-0.25, -0.2) is 0 Å². The number of benzene rings is 2. The van der Waals surface area contributed by atoms with Crippen LogP contribution < -0.4 is 10.5 Å². The van der Waals surface area contributed by atoms with Gasteiger partial charge in [0.15, 0.2) is 0 Å². The number of carbonyl (C=O) groups is 1. The Bertz CT molecular complexity index is 677. The highest BCUT2D eigenvalue weighted by Gasteiger charge is 2.29. The summed E-state index contributed by atoms with van der Waals surface area (Å²) in [5, 5.41) is 0. The van der Waals surface area contributed by atoms with Crippen LogP contribution in [-0.2, 0) is 9.53 Å². The van der Waals surface area contributed by atoms with Crippen LogP contribution in [0.2, 0.25) is 0 Å². The maximum atomic E-state index is 12.0. The Morgan fingerprint density at radius 3 is 2.22 bits per heavy atom. The predicted molar refractivity (Wildman–Crippen MR) is 90.7 cm³/mol. The molecule has 122 valence electrons. The van der Waals surface area contributed by atoms with Gasteiger partial charge in [0.1, 0.15) is 11.8 Å². The van der Waals surface area contributed by atoms with Crippen molar-refractivity contribution in [1.29, 1.82) is 0 Å². The normalized spacial score (nSPS) is 13.3. The van der Waals surface area contributed by atoms with Crippen LogP contribution in [0.15, 0.2) is 42.5 Å². The van der Waals surface area contributed by atoms with Crippen LogP contribution in [-0.4, -0.2) is 26.2 Å². The maximum absolute atomic E-state index is 12.0. The Balaban J connectivity index is 2.57. The van der Waals surface area contributed by atoms with Gasteiger partial charge in [0.2, 0.25) is 0 Å². The molecule has 0 heterocycles. The van der Waals surface area contributed by atoms with Gasteiger partial charge >= 0.3 is 5.97 Å². The van der Waals surface area contributed by atoms with Gasteiger partial charge in [0.05, 0.1) is 14.2 Å². The molecule has 0 saturated heterocycles. The Morgan fingerprint density at radius 1 is 1.00 bits per heavy atom. The van der Waals surface area contributed by atoms with E-state index in [0.29, 0.717) is 0 Å². The van der Waals surface area contributed by atoms with Crippen LogP contribution in [0.5, 0.6) is 5.75 Å². The van der Waals surface area contributed by atoms with E-state index in [1.165, 1.54) is 7.11 Å². The van der Waals surface area contributed by atoms with Crippen LogP contribution >= 0.6 is 0 Å². The topological polar surface area (TPSA) is 61.5 Å². The molecule has 0 aliphatic carbocycles. The van der Waals surface area contributed by atoms with E-state index in [0.717, 1.165) is 28.0 Å². The lowest BCUT2D eigenvalue weighted by Gasteiger charge is -2.24. The molecule has 0 aromatic heterocycles. The molecule has 2 rings (SSSR count). The summed E-state index contributed by atoms with van der Waals surface area (Å²) in [6.07, 6.45) is 0. The van der Waals surface area contributed by atoms with E-state index in [1.54, 1.807) is 7.11 Å². The van der Waals surface area contributed by atoms with Crippen molar-refractivity contribution in [1.82, 2.24) is 0 Å². The van der Waals surface area contributed by atoms with E-state index in [4.69, 9.17) is 15.2 Å². The molecule has 2 unspecified atom stereocenters. The molecule has 4 heteroatoms. The van der Waals surface area contributed by atoms with Crippen molar-refractivity contribution in [3.8, 4) is 5.75 Å². The summed E-state index contributed by atoms with van der Waals surface area (Å²) in [5.74, 6) is 0.00192.